The van der Waals surface area contributed by atoms with Crippen molar-refractivity contribution in [1.29, 1.82) is 0 Å². The summed E-state index contributed by atoms with van der Waals surface area (Å²) < 4.78 is 35.0. The van der Waals surface area contributed by atoms with E-state index in [4.69, 9.17) is 9.39 Å². The topological polar surface area (TPSA) is 141 Å². The number of hydrogen-bond acceptors (Lipinski definition) is 8. The zero-order valence-electron chi connectivity index (χ0n) is 15.3. The molecular weight excluding hydrogens is 394 g/mol. The lowest BCUT2D eigenvalue weighted by Gasteiger charge is -2.29. The second-order valence-electron chi connectivity index (χ2n) is 7.79. The van der Waals surface area contributed by atoms with E-state index in [9.17, 15) is 18.0 Å². The third kappa shape index (κ3) is 4.55. The van der Waals surface area contributed by atoms with Crippen LogP contribution in [0.3, 0.4) is 0 Å². The molecule has 4 atom stereocenters. The van der Waals surface area contributed by atoms with Gasteiger partial charge >= 0.3 is 16.4 Å². The van der Waals surface area contributed by atoms with Gasteiger partial charge in [0.2, 0.25) is 0 Å². The molecule has 158 valence electrons. The first-order chi connectivity index (χ1) is 13.3. The summed E-state index contributed by atoms with van der Waals surface area (Å²) in [5.74, 6) is 0.136. The van der Waals surface area contributed by atoms with Crippen LogP contribution in [-0.4, -0.2) is 97.2 Å². The third-order valence-electron chi connectivity index (χ3n) is 5.63. The Morgan fingerprint density at radius 1 is 1.32 bits per heavy atom. The quantitative estimate of drug-likeness (QED) is 0.239. The highest BCUT2D eigenvalue weighted by atomic mass is 32.3. The maximum Gasteiger partial charge on any atom is 0.418 e. The Balaban J connectivity index is 1.22. The minimum Gasteiger partial charge on any atom is -0.311 e. The molecule has 2 bridgehead atoms. The van der Waals surface area contributed by atoms with Crippen LogP contribution in [0.4, 0.5) is 4.79 Å². The third-order valence-corrected chi connectivity index (χ3v) is 5.98. The lowest BCUT2D eigenvalue weighted by atomic mass is 10.0. The van der Waals surface area contributed by atoms with E-state index in [0.29, 0.717) is 30.4 Å². The molecule has 0 spiro atoms. The summed E-state index contributed by atoms with van der Waals surface area (Å²) in [5.41, 5.74) is 2.40. The van der Waals surface area contributed by atoms with Gasteiger partial charge in [-0.3, -0.25) is 14.2 Å². The predicted molar refractivity (Wildman–Crippen MR) is 93.8 cm³/mol. The zero-order valence-corrected chi connectivity index (χ0v) is 16.1. The van der Waals surface area contributed by atoms with Gasteiger partial charge in [0.1, 0.15) is 6.04 Å². The molecule has 4 rings (SSSR count). The van der Waals surface area contributed by atoms with Crippen molar-refractivity contribution < 1.29 is 31.7 Å². The summed E-state index contributed by atoms with van der Waals surface area (Å²) in [5, 5.41) is 4.00. The number of fused-ring (bicyclic) bond motifs is 2. The van der Waals surface area contributed by atoms with Gasteiger partial charge in [-0.05, 0) is 31.7 Å². The van der Waals surface area contributed by atoms with Crippen LogP contribution in [0, 0.1) is 5.92 Å². The number of urea groups is 1. The van der Waals surface area contributed by atoms with E-state index in [-0.39, 0.29) is 12.6 Å². The molecular formula is C15H25N5O7S. The molecule has 13 heteroatoms. The Morgan fingerprint density at radius 2 is 2.11 bits per heavy atom. The van der Waals surface area contributed by atoms with Crippen LogP contribution < -0.4 is 10.8 Å². The normalized spacial score (nSPS) is 32.8. The molecule has 0 radical (unpaired) electrons. The van der Waals surface area contributed by atoms with Crippen molar-refractivity contribution in [2.75, 3.05) is 39.3 Å². The number of amides is 3. The van der Waals surface area contributed by atoms with E-state index in [2.05, 4.69) is 20.0 Å². The number of nitrogens with zero attached hydrogens (tertiary/aromatic N) is 3. The van der Waals surface area contributed by atoms with Crippen molar-refractivity contribution in [2.45, 2.75) is 37.4 Å². The number of piperidine rings is 1. The van der Waals surface area contributed by atoms with E-state index < -0.39 is 34.4 Å². The second-order valence-corrected chi connectivity index (χ2v) is 8.80. The van der Waals surface area contributed by atoms with Gasteiger partial charge in [0, 0.05) is 32.2 Å². The molecule has 4 saturated heterocycles. The molecule has 12 nitrogen and oxygen atoms in total. The van der Waals surface area contributed by atoms with E-state index >= 15 is 0 Å². The molecule has 4 aliphatic rings. The number of nitrogens with one attached hydrogen (secondary N) is 2. The molecule has 3 N–H and O–H groups in total. The number of rotatable bonds is 8. The van der Waals surface area contributed by atoms with Crippen LogP contribution in [0.1, 0.15) is 19.3 Å². The summed E-state index contributed by atoms with van der Waals surface area (Å²) >= 11 is 0. The first kappa shape index (κ1) is 19.8. The van der Waals surface area contributed by atoms with Gasteiger partial charge in [-0.25, -0.2) is 10.3 Å². The smallest absolute Gasteiger partial charge is 0.311 e. The standard InChI is InChI=1S/C15H25N5O7S/c21-14(17-26-9-11-5-10(6-16-11)7-18-3-4-18)13-2-1-12-8-19(13)15(22)20(12)27-28(23,24)25/h10-13,16H,1-9H2,(H,17,21)(H,23,24,25)/t10-,11-,12+,13-/m0/s1. The highest BCUT2D eigenvalue weighted by Gasteiger charge is 2.49. The molecule has 0 aliphatic carbocycles. The number of hydrogen-bond donors (Lipinski definition) is 3. The molecule has 0 unspecified atom stereocenters. The van der Waals surface area contributed by atoms with Crippen molar-refractivity contribution >= 4 is 22.3 Å². The molecule has 0 saturated carbocycles. The van der Waals surface area contributed by atoms with Crippen LogP contribution in [0.25, 0.3) is 0 Å². The maximum atomic E-state index is 12.4. The van der Waals surface area contributed by atoms with E-state index in [1.165, 1.54) is 18.0 Å². The summed E-state index contributed by atoms with van der Waals surface area (Å²) in [4.78, 5) is 33.7. The molecule has 4 fully saturated rings. The minimum absolute atomic E-state index is 0.148. The molecule has 3 amide bonds. The first-order valence-corrected chi connectivity index (χ1v) is 10.8. The van der Waals surface area contributed by atoms with Gasteiger partial charge < -0.3 is 15.1 Å². The number of carbonyl (C=O) groups is 2. The average molecular weight is 419 g/mol. The molecule has 28 heavy (non-hydrogen) atoms. The lowest BCUT2D eigenvalue weighted by Crippen LogP contribution is -2.50. The van der Waals surface area contributed by atoms with Crippen LogP contribution in [0.5, 0.6) is 0 Å². The highest BCUT2D eigenvalue weighted by molar-refractivity contribution is 7.80. The van der Waals surface area contributed by atoms with E-state index in [1.54, 1.807) is 0 Å². The summed E-state index contributed by atoms with van der Waals surface area (Å²) in [6, 6.07) is -1.89. The SMILES string of the molecule is O=C(NOC[C@@H]1C[C@H](CN2CC2)CN1)[C@@H]1CC[C@@H]2CN1C(=O)N2OS(=O)(=O)O. The Bertz CT molecular complexity index is 730. The summed E-state index contributed by atoms with van der Waals surface area (Å²) in [7, 11) is -4.81. The van der Waals surface area contributed by atoms with Crippen molar-refractivity contribution in [3.63, 3.8) is 0 Å². The van der Waals surface area contributed by atoms with Crippen molar-refractivity contribution in [3.05, 3.63) is 0 Å². The van der Waals surface area contributed by atoms with Crippen LogP contribution >= 0.6 is 0 Å². The van der Waals surface area contributed by atoms with Crippen molar-refractivity contribution in [3.8, 4) is 0 Å². The molecule has 4 heterocycles. The Labute approximate surface area is 163 Å². The number of carbonyl (C=O) groups excluding carboxylic acids is 2. The second kappa shape index (κ2) is 7.72. The fraction of sp³-hybridized carbons (Fsp3) is 0.867. The Morgan fingerprint density at radius 3 is 2.82 bits per heavy atom. The zero-order chi connectivity index (χ0) is 19.9. The largest absolute Gasteiger partial charge is 0.418 e. The van der Waals surface area contributed by atoms with Gasteiger partial charge in [0.25, 0.3) is 5.91 Å². The van der Waals surface area contributed by atoms with Crippen LogP contribution in [-0.2, 0) is 24.3 Å². The van der Waals surface area contributed by atoms with Crippen LogP contribution in [0.15, 0.2) is 0 Å². The molecule has 0 aromatic rings. The number of hydroxylamine groups is 3. The summed E-state index contributed by atoms with van der Waals surface area (Å²) in [6.45, 7) is 4.88. The van der Waals surface area contributed by atoms with E-state index in [0.717, 1.165) is 19.5 Å². The monoisotopic (exact) mass is 419 g/mol. The summed E-state index contributed by atoms with van der Waals surface area (Å²) in [6.07, 6.45) is 1.71. The predicted octanol–water partition coefficient (Wildman–Crippen LogP) is -1.67. The lowest BCUT2D eigenvalue weighted by molar-refractivity contribution is -0.139. The Kier molecular flexibility index (Phi) is 5.46. The van der Waals surface area contributed by atoms with Gasteiger partial charge in [0.05, 0.1) is 12.6 Å². The van der Waals surface area contributed by atoms with Crippen molar-refractivity contribution in [2.24, 2.45) is 5.92 Å². The fourth-order valence-corrected chi connectivity index (χ4v) is 4.56. The molecule has 4 aliphatic heterocycles. The van der Waals surface area contributed by atoms with Gasteiger partial charge in [0.15, 0.2) is 0 Å². The van der Waals surface area contributed by atoms with Crippen molar-refractivity contribution in [1.82, 2.24) is 25.7 Å². The molecule has 0 aromatic heterocycles. The van der Waals surface area contributed by atoms with Gasteiger partial charge in [-0.1, -0.05) is 0 Å². The van der Waals surface area contributed by atoms with Gasteiger partial charge in [-0.2, -0.15) is 13.5 Å². The fourth-order valence-electron chi connectivity index (χ4n) is 4.17. The average Bonchev–Trinajstić information content (AvgIpc) is 3.29. The van der Waals surface area contributed by atoms with Gasteiger partial charge in [-0.15, -0.1) is 4.28 Å². The first-order valence-electron chi connectivity index (χ1n) is 9.44. The molecule has 0 aromatic carbocycles. The maximum absolute atomic E-state index is 12.4. The Hall–Kier alpha value is -1.51. The van der Waals surface area contributed by atoms with E-state index in [1.807, 2.05) is 0 Å². The minimum atomic E-state index is -4.81. The van der Waals surface area contributed by atoms with Crippen LogP contribution in [0.2, 0.25) is 0 Å². The highest BCUT2D eigenvalue weighted by Crippen LogP contribution is 2.30.